The van der Waals surface area contributed by atoms with Crippen LogP contribution in [0.25, 0.3) is 11.0 Å². The predicted molar refractivity (Wildman–Crippen MR) is 214 cm³/mol. The van der Waals surface area contributed by atoms with Gasteiger partial charge in [0.05, 0.1) is 17.5 Å². The lowest BCUT2D eigenvalue weighted by atomic mass is 10.0. The second-order valence-corrected chi connectivity index (χ2v) is 12.6. The van der Waals surface area contributed by atoms with E-state index in [9.17, 15) is 14.4 Å². The quantitative estimate of drug-likeness (QED) is 0.0810. The van der Waals surface area contributed by atoms with Gasteiger partial charge >= 0.3 is 5.69 Å². The average molecular weight is 736 g/mol. The molecule has 3 aliphatic rings. The van der Waals surface area contributed by atoms with Crippen LogP contribution in [0.1, 0.15) is 79.9 Å². The summed E-state index contributed by atoms with van der Waals surface area (Å²) in [5.74, 6) is 1.51. The maximum absolute atomic E-state index is 13.1. The van der Waals surface area contributed by atoms with Crippen molar-refractivity contribution >= 4 is 58.7 Å². The molecule has 17 heteroatoms. The molecule has 0 aliphatic carbocycles. The van der Waals surface area contributed by atoms with Crippen LogP contribution in [0, 0.1) is 0 Å². The Balaban J connectivity index is -0.00000300. The third-order valence-electron chi connectivity index (χ3n) is 9.47. The highest BCUT2D eigenvalue weighted by Crippen LogP contribution is 2.27. The van der Waals surface area contributed by atoms with Gasteiger partial charge in [-0.1, -0.05) is 12.1 Å². The molecule has 7 rings (SSSR count). The normalized spacial score (nSPS) is 16.0. The second-order valence-electron chi connectivity index (χ2n) is 12.6. The van der Waals surface area contributed by atoms with Gasteiger partial charge in [-0.15, -0.1) is 12.4 Å². The molecule has 2 aromatic heterocycles. The number of anilines is 4. The van der Waals surface area contributed by atoms with Crippen molar-refractivity contribution in [2.45, 2.75) is 63.8 Å². The summed E-state index contributed by atoms with van der Waals surface area (Å²) in [6.07, 6.45) is 8.15. The number of aromatic amines is 1. The summed E-state index contributed by atoms with van der Waals surface area (Å²) >= 11 is 0. The van der Waals surface area contributed by atoms with Crippen molar-refractivity contribution in [3.8, 4) is 0 Å². The van der Waals surface area contributed by atoms with Gasteiger partial charge in [0.1, 0.15) is 0 Å². The molecule has 0 spiro atoms. The highest BCUT2D eigenvalue weighted by molar-refractivity contribution is 6.07. The van der Waals surface area contributed by atoms with Gasteiger partial charge in [-0.05, 0) is 87.8 Å². The first-order valence-electron chi connectivity index (χ1n) is 16.6. The number of para-hydroxylation sites is 2. The Kier molecular flexibility index (Phi) is 16.0. The summed E-state index contributed by atoms with van der Waals surface area (Å²) in [5.41, 5.74) is 2.82. The minimum absolute atomic E-state index is 0. The van der Waals surface area contributed by atoms with Crippen LogP contribution in [0.3, 0.4) is 0 Å². The summed E-state index contributed by atoms with van der Waals surface area (Å²) in [6, 6.07) is 14.8. The van der Waals surface area contributed by atoms with E-state index in [1.807, 2.05) is 36.4 Å². The number of Topliss-reactive ketones (excluding diaryl/α,β-unsaturated/α-hetero) is 1. The van der Waals surface area contributed by atoms with Gasteiger partial charge in [0.15, 0.2) is 5.78 Å². The van der Waals surface area contributed by atoms with Gasteiger partial charge in [-0.25, -0.2) is 4.79 Å². The molecule has 3 saturated heterocycles. The number of nitrogens with one attached hydrogen (secondary N) is 2. The molecule has 1 amide bonds. The van der Waals surface area contributed by atoms with Crippen molar-refractivity contribution < 1.29 is 15.3 Å². The van der Waals surface area contributed by atoms with E-state index < -0.39 is 0 Å². The Hall–Kier alpha value is -4.61. The van der Waals surface area contributed by atoms with Gasteiger partial charge in [0, 0.05) is 62.3 Å². The van der Waals surface area contributed by atoms with E-state index in [0.717, 1.165) is 68.6 Å². The first kappa shape index (κ1) is 42.6. The zero-order chi connectivity index (χ0) is 31.5. The lowest BCUT2D eigenvalue weighted by molar-refractivity contribution is -0.131. The Morgan fingerprint density at radius 3 is 1.86 bits per heavy atom. The lowest BCUT2D eigenvalue weighted by Gasteiger charge is -2.32. The van der Waals surface area contributed by atoms with Crippen LogP contribution in [-0.4, -0.2) is 80.4 Å². The number of amides is 1. The fourth-order valence-corrected chi connectivity index (χ4v) is 6.91. The van der Waals surface area contributed by atoms with Crippen LogP contribution in [0.5, 0.6) is 0 Å². The number of aromatic nitrogens is 5. The first-order chi connectivity index (χ1) is 22.5. The van der Waals surface area contributed by atoms with E-state index in [1.165, 1.54) is 12.8 Å². The monoisotopic (exact) mass is 735 g/mol. The molecule has 0 atom stereocenters. The third kappa shape index (κ3) is 9.59. The standard InChI is InChI=1S/C34H41N9O3.ClH.4H3N.4H2/c44-29(23-30(45)40-21-15-26(16-22-40)43-28-10-4-3-9-27(28)36-34(43)46)24-11-13-25(14-12-24)35-31-37-32(41-17-5-1-6-18-41)39-33(38-31)42-19-7-2-8-20-42;;;;;;;;;/h3-4,9-14,26H,1-2,5-8,15-23H2,(H,36,46)(H,35,37,38,39);1H;4*1H3;4*1H. The van der Waals surface area contributed by atoms with Crippen LogP contribution < -0.4 is 45.4 Å². The highest BCUT2D eigenvalue weighted by Gasteiger charge is 2.27. The molecule has 3 aliphatic heterocycles. The van der Waals surface area contributed by atoms with Crippen molar-refractivity contribution in [2.24, 2.45) is 0 Å². The molecule has 0 bridgehead atoms. The minimum atomic E-state index is -0.216. The predicted octanol–water partition coefficient (Wildman–Crippen LogP) is 6.73. The third-order valence-corrected chi connectivity index (χ3v) is 9.47. The topological polar surface area (TPSA) is 272 Å². The summed E-state index contributed by atoms with van der Waals surface area (Å²) in [7, 11) is 0. The summed E-state index contributed by atoms with van der Waals surface area (Å²) in [6.45, 7) is 4.80. The van der Waals surface area contributed by atoms with Crippen molar-refractivity contribution in [1.82, 2.24) is 54.0 Å². The molecular weight excluding hydrogens is 674 g/mol. The molecule has 4 aromatic rings. The van der Waals surface area contributed by atoms with Crippen LogP contribution in [0.2, 0.25) is 0 Å². The molecule has 51 heavy (non-hydrogen) atoms. The van der Waals surface area contributed by atoms with E-state index in [2.05, 4.69) is 20.1 Å². The van der Waals surface area contributed by atoms with Crippen molar-refractivity contribution in [3.63, 3.8) is 0 Å². The number of rotatable bonds is 8. The zero-order valence-corrected chi connectivity index (χ0v) is 30.2. The fourth-order valence-electron chi connectivity index (χ4n) is 6.91. The number of nitrogens with zero attached hydrogens (tertiary/aromatic N) is 7. The summed E-state index contributed by atoms with van der Waals surface area (Å²) in [5, 5.41) is 3.32. The Morgan fingerprint density at radius 2 is 1.29 bits per heavy atom. The van der Waals surface area contributed by atoms with Crippen LogP contribution in [-0.2, 0) is 4.79 Å². The van der Waals surface area contributed by atoms with E-state index in [-0.39, 0.29) is 72.6 Å². The average Bonchev–Trinajstić information content (AvgIpc) is 3.44. The molecule has 288 valence electrons. The van der Waals surface area contributed by atoms with E-state index in [1.54, 1.807) is 21.6 Å². The minimum Gasteiger partial charge on any atom is -0.344 e. The van der Waals surface area contributed by atoms with Crippen molar-refractivity contribution in [2.75, 3.05) is 54.4 Å². The van der Waals surface area contributed by atoms with Crippen LogP contribution in [0.4, 0.5) is 23.5 Å². The number of ketones is 1. The molecule has 14 N–H and O–H groups in total. The van der Waals surface area contributed by atoms with Gasteiger partial charge in [-0.3, -0.25) is 14.2 Å². The lowest BCUT2D eigenvalue weighted by Crippen LogP contribution is -2.41. The number of hydrogen-bond donors (Lipinski definition) is 6. The molecule has 0 unspecified atom stereocenters. The number of benzene rings is 2. The van der Waals surface area contributed by atoms with Gasteiger partial charge < -0.3 is 49.6 Å². The van der Waals surface area contributed by atoms with Crippen molar-refractivity contribution in [1.29, 1.82) is 0 Å². The van der Waals surface area contributed by atoms with Gasteiger partial charge in [-0.2, -0.15) is 15.0 Å². The Morgan fingerprint density at radius 1 is 0.745 bits per heavy atom. The smallest absolute Gasteiger partial charge is 0.326 e. The zero-order valence-electron chi connectivity index (χ0n) is 29.4. The Labute approximate surface area is 310 Å². The maximum Gasteiger partial charge on any atom is 0.326 e. The largest absolute Gasteiger partial charge is 0.344 e. The fraction of sp³-hybridized carbons (Fsp3) is 0.471. The number of piperidine rings is 3. The second kappa shape index (κ2) is 19.1. The number of H-pyrrole nitrogens is 1. The maximum atomic E-state index is 13.1. The molecular formula is C34H62ClN13O3. The molecule has 5 heterocycles. The first-order valence-corrected chi connectivity index (χ1v) is 16.6. The van der Waals surface area contributed by atoms with E-state index in [0.29, 0.717) is 49.3 Å². The molecule has 0 saturated carbocycles. The summed E-state index contributed by atoms with van der Waals surface area (Å²) in [4.78, 5) is 62.3. The van der Waals surface area contributed by atoms with E-state index in [4.69, 9.17) is 15.0 Å². The van der Waals surface area contributed by atoms with Gasteiger partial charge in [0.2, 0.25) is 23.8 Å². The Bertz CT molecular complexity index is 1750. The molecule has 0 radical (unpaired) electrons. The molecule has 16 nitrogen and oxygen atoms in total. The summed E-state index contributed by atoms with van der Waals surface area (Å²) < 4.78 is 1.80. The number of fused-ring (bicyclic) bond motifs is 1. The number of hydrogen-bond acceptors (Lipinski definition) is 13. The number of halogens is 1. The van der Waals surface area contributed by atoms with Gasteiger partial charge in [0.25, 0.3) is 0 Å². The highest BCUT2D eigenvalue weighted by atomic mass is 35.5. The number of imidazole rings is 1. The van der Waals surface area contributed by atoms with Crippen LogP contribution >= 0.6 is 12.4 Å². The van der Waals surface area contributed by atoms with E-state index >= 15 is 0 Å². The number of likely N-dealkylation sites (tertiary alicyclic amines) is 1. The SMILES string of the molecule is Cl.N.N.N.N.O=C(CC(=O)N1CCC(n2c(=O)[nH]c3ccccc32)CC1)c1ccc(Nc2nc(N3CCCCC3)nc(N3CCCCC3)n2)cc1.[HH].[HH].[HH].[HH]. The molecule has 3 fully saturated rings. The number of carbonyl (C=O) groups is 2. The molecule has 2 aromatic carbocycles. The number of carbonyl (C=O) groups excluding carboxylic acids is 2. The van der Waals surface area contributed by atoms with Crippen LogP contribution in [0.15, 0.2) is 53.3 Å². The van der Waals surface area contributed by atoms with Crippen molar-refractivity contribution in [3.05, 3.63) is 64.6 Å².